The average Bonchev–Trinajstić information content (AvgIpc) is 3.78. The van der Waals surface area contributed by atoms with Crippen molar-refractivity contribution in [3.05, 3.63) is 157 Å². The summed E-state index contributed by atoms with van der Waals surface area (Å²) in [6, 6.07) is 56.4. The van der Waals surface area contributed by atoms with Gasteiger partial charge in [-0.15, -0.1) is 11.3 Å². The summed E-state index contributed by atoms with van der Waals surface area (Å²) in [7, 11) is 0. The molecule has 4 heteroatoms. The third-order valence-corrected chi connectivity index (χ3v) is 10.7. The first-order chi connectivity index (χ1) is 23.3. The van der Waals surface area contributed by atoms with Gasteiger partial charge in [0, 0.05) is 53.0 Å². The van der Waals surface area contributed by atoms with Gasteiger partial charge >= 0.3 is 0 Å². The third kappa shape index (κ3) is 3.72. The molecule has 0 amide bonds. The highest BCUT2D eigenvalue weighted by Crippen LogP contribution is 2.43. The molecule has 10 aromatic rings. The van der Waals surface area contributed by atoms with Crippen molar-refractivity contribution in [2.24, 2.45) is 0 Å². The number of nitrogens with zero attached hydrogens (tertiary/aromatic N) is 3. The van der Waals surface area contributed by atoms with E-state index in [0.717, 1.165) is 33.5 Å². The van der Waals surface area contributed by atoms with Crippen molar-refractivity contribution in [3.63, 3.8) is 0 Å². The van der Waals surface area contributed by atoms with Crippen LogP contribution in [0, 0.1) is 11.3 Å². The normalized spacial score (nSPS) is 11.8. The lowest BCUT2D eigenvalue weighted by molar-refractivity contribution is 1.17. The number of para-hydroxylation sites is 3. The molecule has 10 rings (SSSR count). The predicted octanol–water partition coefficient (Wildman–Crippen LogP) is 11.8. The van der Waals surface area contributed by atoms with Crippen LogP contribution in [0.5, 0.6) is 0 Å². The molecular weight excluding hydrogens is 591 g/mol. The molecule has 0 radical (unpaired) electrons. The molecule has 218 valence electrons. The topological polar surface area (TPSA) is 33.6 Å². The van der Waals surface area contributed by atoms with Crippen LogP contribution in [0.25, 0.3) is 86.3 Å². The van der Waals surface area contributed by atoms with Crippen molar-refractivity contribution < 1.29 is 0 Å². The predicted molar refractivity (Wildman–Crippen MR) is 198 cm³/mol. The van der Waals surface area contributed by atoms with Crippen molar-refractivity contribution in [1.29, 1.82) is 5.26 Å². The quantitative estimate of drug-likeness (QED) is 0.195. The highest BCUT2D eigenvalue weighted by Gasteiger charge is 2.20. The lowest BCUT2D eigenvalue weighted by Gasteiger charge is -2.16. The van der Waals surface area contributed by atoms with E-state index in [-0.39, 0.29) is 0 Å². The number of benzene rings is 7. The lowest BCUT2D eigenvalue weighted by Crippen LogP contribution is -2.00. The number of thiophene rings is 1. The Morgan fingerprint density at radius 2 is 1.04 bits per heavy atom. The Morgan fingerprint density at radius 1 is 0.447 bits per heavy atom. The molecule has 0 saturated carbocycles. The van der Waals surface area contributed by atoms with Crippen LogP contribution in [0.4, 0.5) is 0 Å². The first-order valence-corrected chi connectivity index (χ1v) is 16.6. The molecule has 0 aliphatic rings. The van der Waals surface area contributed by atoms with E-state index in [0.29, 0.717) is 5.56 Å². The first-order valence-electron chi connectivity index (χ1n) is 15.8. The van der Waals surface area contributed by atoms with Crippen LogP contribution in [0.3, 0.4) is 0 Å². The van der Waals surface area contributed by atoms with Crippen LogP contribution < -0.4 is 0 Å². The van der Waals surface area contributed by atoms with Crippen molar-refractivity contribution in [1.82, 2.24) is 9.13 Å². The zero-order valence-corrected chi connectivity index (χ0v) is 26.0. The fraction of sp³-hybridized carbons (Fsp3) is 0. The van der Waals surface area contributed by atoms with Gasteiger partial charge in [0.2, 0.25) is 0 Å². The monoisotopic (exact) mass is 615 g/mol. The molecule has 3 aromatic heterocycles. The Bertz CT molecular complexity index is 2860. The van der Waals surface area contributed by atoms with Crippen LogP contribution in [-0.2, 0) is 0 Å². The fourth-order valence-electron chi connectivity index (χ4n) is 7.55. The van der Waals surface area contributed by atoms with Gasteiger partial charge in [0.1, 0.15) is 0 Å². The van der Waals surface area contributed by atoms with Gasteiger partial charge in [-0.05, 0) is 66.2 Å². The van der Waals surface area contributed by atoms with Crippen LogP contribution in [0.1, 0.15) is 5.56 Å². The summed E-state index contributed by atoms with van der Waals surface area (Å²) in [5.41, 5.74) is 9.30. The lowest BCUT2D eigenvalue weighted by atomic mass is 9.97. The zero-order chi connectivity index (χ0) is 31.1. The van der Waals surface area contributed by atoms with Crippen LogP contribution in [-0.4, -0.2) is 9.13 Å². The Labute approximate surface area is 274 Å². The second-order valence-electron chi connectivity index (χ2n) is 12.0. The van der Waals surface area contributed by atoms with Gasteiger partial charge in [-0.2, -0.15) is 5.26 Å². The van der Waals surface area contributed by atoms with Gasteiger partial charge in [-0.25, -0.2) is 0 Å². The van der Waals surface area contributed by atoms with Gasteiger partial charge in [0.05, 0.1) is 39.4 Å². The molecule has 7 aromatic carbocycles. The molecule has 0 aliphatic heterocycles. The maximum atomic E-state index is 10.4. The number of hydrogen-bond donors (Lipinski definition) is 0. The molecule has 0 unspecified atom stereocenters. The van der Waals surface area contributed by atoms with Gasteiger partial charge in [-0.1, -0.05) is 91.0 Å². The van der Waals surface area contributed by atoms with E-state index >= 15 is 0 Å². The standard InChI is InChI=1S/C43H25N3S/c44-26-28-10-9-18-39(43(28)27-20-22-29(23-21-27)45-36-15-5-1-11-30(36)31-12-2-6-16-37(31)45)46-38-17-7-3-13-32(38)34-25-42-35(24-40(34)46)33-14-4-8-19-41(33)47-42/h1-25H. The molecule has 0 spiro atoms. The molecule has 0 saturated heterocycles. The number of hydrogen-bond acceptors (Lipinski definition) is 2. The van der Waals surface area contributed by atoms with E-state index in [4.69, 9.17) is 0 Å². The first kappa shape index (κ1) is 26.1. The molecule has 0 bridgehead atoms. The number of rotatable bonds is 3. The molecular formula is C43H25N3S. The van der Waals surface area contributed by atoms with Gasteiger partial charge in [-0.3, -0.25) is 0 Å². The number of fused-ring (bicyclic) bond motifs is 9. The molecule has 0 aliphatic carbocycles. The molecule has 0 N–H and O–H groups in total. The van der Waals surface area contributed by atoms with Gasteiger partial charge in [0.15, 0.2) is 0 Å². The van der Waals surface area contributed by atoms with Crippen molar-refractivity contribution in [2.75, 3.05) is 0 Å². The summed E-state index contributed by atoms with van der Waals surface area (Å²) in [6.07, 6.45) is 0. The highest BCUT2D eigenvalue weighted by atomic mass is 32.1. The van der Waals surface area contributed by atoms with E-state index in [1.165, 1.54) is 52.8 Å². The number of aromatic nitrogens is 2. The van der Waals surface area contributed by atoms with Gasteiger partial charge in [0.25, 0.3) is 0 Å². The Kier molecular flexibility index (Phi) is 5.51. The summed E-state index contributed by atoms with van der Waals surface area (Å²) in [5.74, 6) is 0. The van der Waals surface area contributed by atoms with E-state index < -0.39 is 0 Å². The summed E-state index contributed by atoms with van der Waals surface area (Å²) < 4.78 is 7.26. The van der Waals surface area contributed by atoms with E-state index in [1.54, 1.807) is 0 Å². The van der Waals surface area contributed by atoms with Gasteiger partial charge < -0.3 is 9.13 Å². The second kappa shape index (κ2) is 9.92. The van der Waals surface area contributed by atoms with E-state index in [9.17, 15) is 5.26 Å². The molecule has 0 atom stereocenters. The van der Waals surface area contributed by atoms with E-state index in [2.05, 4.69) is 155 Å². The SMILES string of the molecule is N#Cc1cccc(-n2c3ccccc3c3cc4sc5ccccc5c4cc32)c1-c1ccc(-n2c3ccccc3c3ccccc32)cc1. The Hall–Kier alpha value is -6.15. The summed E-state index contributed by atoms with van der Waals surface area (Å²) >= 11 is 1.84. The van der Waals surface area contributed by atoms with Crippen molar-refractivity contribution in [3.8, 4) is 28.6 Å². The van der Waals surface area contributed by atoms with Crippen molar-refractivity contribution in [2.45, 2.75) is 0 Å². The third-order valence-electron chi connectivity index (χ3n) is 9.57. The maximum Gasteiger partial charge on any atom is 0.0998 e. The van der Waals surface area contributed by atoms with Crippen LogP contribution >= 0.6 is 11.3 Å². The maximum absolute atomic E-state index is 10.4. The molecule has 47 heavy (non-hydrogen) atoms. The summed E-state index contributed by atoms with van der Waals surface area (Å²) in [4.78, 5) is 0. The Morgan fingerprint density at radius 3 is 1.72 bits per heavy atom. The summed E-state index contributed by atoms with van der Waals surface area (Å²) in [5, 5.41) is 17.9. The fourth-order valence-corrected chi connectivity index (χ4v) is 8.67. The average molecular weight is 616 g/mol. The largest absolute Gasteiger partial charge is 0.309 e. The summed E-state index contributed by atoms with van der Waals surface area (Å²) in [6.45, 7) is 0. The second-order valence-corrected chi connectivity index (χ2v) is 13.1. The highest BCUT2D eigenvalue weighted by molar-refractivity contribution is 7.25. The van der Waals surface area contributed by atoms with Crippen LogP contribution in [0.15, 0.2) is 152 Å². The van der Waals surface area contributed by atoms with E-state index in [1.807, 2.05) is 23.5 Å². The minimum Gasteiger partial charge on any atom is -0.309 e. The molecule has 0 fully saturated rings. The number of nitriles is 1. The zero-order valence-electron chi connectivity index (χ0n) is 25.2. The molecule has 3 heterocycles. The minimum atomic E-state index is 0.653. The smallest absolute Gasteiger partial charge is 0.0998 e. The minimum absolute atomic E-state index is 0.653. The molecule has 3 nitrogen and oxygen atoms in total. The Balaban J connectivity index is 1.22. The van der Waals surface area contributed by atoms with Crippen molar-refractivity contribution >= 4 is 75.1 Å². The van der Waals surface area contributed by atoms with Crippen LogP contribution in [0.2, 0.25) is 0 Å².